The van der Waals surface area contributed by atoms with Crippen molar-refractivity contribution >= 4 is 22.7 Å². The number of hydrogen-bond donors (Lipinski definition) is 1. The van der Waals surface area contributed by atoms with Gasteiger partial charge >= 0.3 is 5.63 Å². The first-order valence-electron chi connectivity index (χ1n) is 6.89. The maximum absolute atomic E-state index is 12.4. The van der Waals surface area contributed by atoms with E-state index in [4.69, 9.17) is 10.2 Å². The van der Waals surface area contributed by atoms with Gasteiger partial charge in [0.05, 0.1) is 0 Å². The van der Waals surface area contributed by atoms with Gasteiger partial charge in [-0.2, -0.15) is 4.57 Å². The zero-order valence-electron chi connectivity index (χ0n) is 12.4. The summed E-state index contributed by atoms with van der Waals surface area (Å²) in [7, 11) is 0. The lowest BCUT2D eigenvalue weighted by Crippen LogP contribution is -3.00. The summed E-state index contributed by atoms with van der Waals surface area (Å²) in [6.07, 6.45) is 3.08. The van der Waals surface area contributed by atoms with E-state index in [0.717, 1.165) is 0 Å². The van der Waals surface area contributed by atoms with Crippen LogP contribution in [0.5, 0.6) is 0 Å². The monoisotopic (exact) mass is 344 g/mol. The first-order chi connectivity index (χ1) is 11.0. The highest BCUT2D eigenvalue weighted by Gasteiger charge is 2.18. The van der Waals surface area contributed by atoms with Crippen molar-refractivity contribution in [3.05, 3.63) is 76.4 Å². The van der Waals surface area contributed by atoms with E-state index >= 15 is 0 Å². The number of primary amides is 1. The van der Waals surface area contributed by atoms with Gasteiger partial charge in [-0.15, -0.1) is 0 Å². The Morgan fingerprint density at radius 3 is 2.62 bits per heavy atom. The molecule has 0 saturated heterocycles. The summed E-state index contributed by atoms with van der Waals surface area (Å²) in [5.41, 5.74) is 5.21. The number of rotatable bonds is 4. The molecule has 24 heavy (non-hydrogen) atoms. The fraction of sp³-hybridized carbons (Fsp3) is 0.0588. The van der Waals surface area contributed by atoms with Gasteiger partial charge in [-0.25, -0.2) is 4.79 Å². The number of carbonyl (C=O) groups excluding carboxylic acids is 2. The quantitative estimate of drug-likeness (QED) is 0.339. The number of ketones is 1. The van der Waals surface area contributed by atoms with Crippen LogP contribution in [0.25, 0.3) is 11.0 Å². The average molecular weight is 345 g/mol. The van der Waals surface area contributed by atoms with Crippen molar-refractivity contribution in [2.24, 2.45) is 5.73 Å². The summed E-state index contributed by atoms with van der Waals surface area (Å²) in [6.45, 7) is -0.0930. The fourth-order valence-electron chi connectivity index (χ4n) is 2.27. The van der Waals surface area contributed by atoms with Gasteiger partial charge in [0.2, 0.25) is 12.3 Å². The van der Waals surface area contributed by atoms with Crippen molar-refractivity contribution in [2.45, 2.75) is 6.54 Å². The number of Topliss-reactive ketones (excluding diaryl/α,β-unsaturated/α-hetero) is 1. The first-order valence-corrected chi connectivity index (χ1v) is 6.89. The number of fused-ring (bicyclic) bond motifs is 1. The van der Waals surface area contributed by atoms with Gasteiger partial charge in [-0.1, -0.05) is 18.2 Å². The Balaban J connectivity index is 0.00000208. The second kappa shape index (κ2) is 7.06. The van der Waals surface area contributed by atoms with E-state index in [2.05, 4.69) is 0 Å². The molecule has 0 radical (unpaired) electrons. The lowest BCUT2D eigenvalue weighted by molar-refractivity contribution is -0.683. The van der Waals surface area contributed by atoms with E-state index in [1.165, 1.54) is 16.8 Å². The van der Waals surface area contributed by atoms with Crippen molar-refractivity contribution in [2.75, 3.05) is 0 Å². The molecular formula is C17H13ClN2O4. The Kier molecular flexibility index (Phi) is 5.11. The summed E-state index contributed by atoms with van der Waals surface area (Å²) in [6, 6.07) is 11.6. The van der Waals surface area contributed by atoms with Crippen molar-refractivity contribution in [1.82, 2.24) is 0 Å². The molecule has 2 N–H and O–H groups in total. The van der Waals surface area contributed by atoms with Gasteiger partial charge in [0.15, 0.2) is 12.4 Å². The van der Waals surface area contributed by atoms with Crippen LogP contribution in [-0.4, -0.2) is 11.7 Å². The minimum atomic E-state index is -0.680. The third-order valence-electron chi connectivity index (χ3n) is 3.41. The van der Waals surface area contributed by atoms with Gasteiger partial charge < -0.3 is 22.6 Å². The number of hydrogen-bond acceptors (Lipinski definition) is 4. The van der Waals surface area contributed by atoms with Crippen LogP contribution in [0.4, 0.5) is 0 Å². The van der Waals surface area contributed by atoms with Crippen LogP contribution in [0, 0.1) is 0 Å². The van der Waals surface area contributed by atoms with Gasteiger partial charge in [-0.3, -0.25) is 9.59 Å². The first kappa shape index (κ1) is 17.4. The third kappa shape index (κ3) is 3.49. The molecule has 6 nitrogen and oxygen atoms in total. The zero-order chi connectivity index (χ0) is 16.4. The molecule has 2 heterocycles. The Morgan fingerprint density at radius 1 is 1.12 bits per heavy atom. The minimum Gasteiger partial charge on any atom is -1.00 e. The van der Waals surface area contributed by atoms with Gasteiger partial charge in [0, 0.05) is 11.5 Å². The second-order valence-electron chi connectivity index (χ2n) is 5.04. The van der Waals surface area contributed by atoms with E-state index < -0.39 is 17.3 Å². The molecule has 0 saturated carbocycles. The standard InChI is InChI=1S/C17H12N2O4.ClH/c18-16(21)12-5-3-7-19(9-12)10-14(20)13-8-11-4-1-2-6-15(11)23-17(13)22;/h1-9H,10H2,(H-,18,21);1H. The van der Waals surface area contributed by atoms with E-state index in [1.807, 2.05) is 0 Å². The van der Waals surface area contributed by atoms with Crippen LogP contribution in [0.1, 0.15) is 20.7 Å². The number of aromatic nitrogens is 1. The maximum Gasteiger partial charge on any atom is 0.347 e. The van der Waals surface area contributed by atoms with Crippen LogP contribution in [-0.2, 0) is 6.54 Å². The van der Waals surface area contributed by atoms with E-state index in [9.17, 15) is 14.4 Å². The zero-order valence-corrected chi connectivity index (χ0v) is 13.2. The molecule has 0 aliphatic carbocycles. The van der Waals surface area contributed by atoms with E-state index in [-0.39, 0.29) is 30.1 Å². The van der Waals surface area contributed by atoms with Gasteiger partial charge in [0.25, 0.3) is 5.91 Å². The largest absolute Gasteiger partial charge is 1.00 e. The normalized spacial score (nSPS) is 10.2. The maximum atomic E-state index is 12.4. The number of nitrogens with two attached hydrogens (primary N) is 1. The van der Waals surface area contributed by atoms with E-state index in [1.54, 1.807) is 42.6 Å². The molecule has 7 heteroatoms. The lowest BCUT2D eigenvalue weighted by atomic mass is 10.1. The molecule has 0 atom stereocenters. The number of nitrogens with zero attached hydrogens (tertiary/aromatic N) is 1. The van der Waals surface area contributed by atoms with Gasteiger partial charge in [0.1, 0.15) is 16.7 Å². The predicted octanol–water partition coefficient (Wildman–Crippen LogP) is -1.93. The number of carbonyl (C=O) groups is 2. The molecule has 1 amide bonds. The van der Waals surface area contributed by atoms with E-state index in [0.29, 0.717) is 11.0 Å². The van der Waals surface area contributed by atoms with Crippen LogP contribution in [0.2, 0.25) is 0 Å². The minimum absolute atomic E-state index is 0. The van der Waals surface area contributed by atoms with Gasteiger partial charge in [-0.05, 0) is 18.2 Å². The van der Waals surface area contributed by atoms with Crippen molar-refractivity contribution < 1.29 is 31.0 Å². The third-order valence-corrected chi connectivity index (χ3v) is 3.41. The average Bonchev–Trinajstić information content (AvgIpc) is 2.54. The molecule has 0 bridgehead atoms. The smallest absolute Gasteiger partial charge is 0.347 e. The highest BCUT2D eigenvalue weighted by molar-refractivity contribution is 5.97. The summed E-state index contributed by atoms with van der Waals surface area (Å²) in [5.74, 6) is -0.992. The van der Waals surface area contributed by atoms with Crippen molar-refractivity contribution in [3.8, 4) is 0 Å². The molecule has 0 fully saturated rings. The number of para-hydroxylation sites is 1. The molecule has 3 aromatic rings. The summed E-state index contributed by atoms with van der Waals surface area (Å²) >= 11 is 0. The highest BCUT2D eigenvalue weighted by Crippen LogP contribution is 2.12. The van der Waals surface area contributed by atoms with Crippen molar-refractivity contribution in [3.63, 3.8) is 0 Å². The highest BCUT2D eigenvalue weighted by atomic mass is 35.5. The Morgan fingerprint density at radius 2 is 1.88 bits per heavy atom. The molecular weight excluding hydrogens is 332 g/mol. The van der Waals surface area contributed by atoms with Crippen molar-refractivity contribution in [1.29, 1.82) is 0 Å². The second-order valence-corrected chi connectivity index (χ2v) is 5.04. The summed E-state index contributed by atoms with van der Waals surface area (Å²) < 4.78 is 6.65. The molecule has 0 spiro atoms. The van der Waals surface area contributed by atoms with Crippen LogP contribution in [0.15, 0.2) is 64.1 Å². The lowest BCUT2D eigenvalue weighted by Gasteiger charge is -2.01. The van der Waals surface area contributed by atoms with Crippen LogP contribution >= 0.6 is 0 Å². The SMILES string of the molecule is NC(=O)c1ccc[n+](CC(=O)c2cc3ccccc3oc2=O)c1.[Cl-]. The van der Waals surface area contributed by atoms with Crippen LogP contribution in [0.3, 0.4) is 0 Å². The predicted molar refractivity (Wildman–Crippen MR) is 82.0 cm³/mol. The Bertz CT molecular complexity index is 981. The topological polar surface area (TPSA) is 94.2 Å². The molecule has 0 aliphatic heterocycles. The summed E-state index contributed by atoms with van der Waals surface area (Å²) in [4.78, 5) is 35.5. The Hall–Kier alpha value is -2.99. The Labute approximate surface area is 142 Å². The number of amides is 1. The molecule has 2 aromatic heterocycles. The number of halogens is 1. The van der Waals surface area contributed by atoms with Crippen LogP contribution < -0.4 is 28.3 Å². The molecule has 0 unspecified atom stereocenters. The molecule has 0 aliphatic rings. The fourth-order valence-corrected chi connectivity index (χ4v) is 2.27. The molecule has 1 aromatic carbocycles. The summed E-state index contributed by atoms with van der Waals surface area (Å²) in [5, 5.41) is 0.673. The number of pyridine rings is 1. The number of benzene rings is 1. The molecule has 3 rings (SSSR count). The molecule has 122 valence electrons.